The normalized spacial score (nSPS) is 13.4. The Kier molecular flexibility index (Phi) is 5.49. The van der Waals surface area contributed by atoms with Crippen molar-refractivity contribution in [2.45, 2.75) is 0 Å². The minimum absolute atomic E-state index is 0.985. The number of pyridine rings is 2. The van der Waals surface area contributed by atoms with Gasteiger partial charge >= 0.3 is 257 Å². The van der Waals surface area contributed by atoms with Crippen molar-refractivity contribution in [3.63, 3.8) is 0 Å². The van der Waals surface area contributed by atoms with Crippen molar-refractivity contribution < 1.29 is 0 Å². The summed E-state index contributed by atoms with van der Waals surface area (Å²) in [7, 11) is 0. The molecule has 9 rings (SSSR count). The summed E-state index contributed by atoms with van der Waals surface area (Å²) in [4.78, 5) is 10.3. The van der Waals surface area contributed by atoms with E-state index in [4.69, 9.17) is 9.97 Å². The van der Waals surface area contributed by atoms with E-state index in [1.807, 2.05) is 6.07 Å². The summed E-state index contributed by atoms with van der Waals surface area (Å²) < 4.78 is 2.39. The van der Waals surface area contributed by atoms with Crippen molar-refractivity contribution in [1.29, 1.82) is 0 Å². The molecule has 1 atom stereocenters. The van der Waals surface area contributed by atoms with Crippen LogP contribution in [0.15, 0.2) is 146 Å². The fraction of sp³-hybridized carbons (Fsp3) is 0. The standard InChI is InChI=1S/C38H24N3PSe/c43-42(28-21-20-25-10-1-2-11-26(25)22-28,29-23-27-12-3-7-16-33(27)39-24-29)36-19-9-17-34-37(36)41-35-18-8-6-14-31(35)30-13-4-5-15-32(30)38(41)40-34/h1-24H. The molecule has 0 saturated heterocycles. The van der Waals surface area contributed by atoms with Crippen LogP contribution in [0.5, 0.6) is 0 Å². The van der Waals surface area contributed by atoms with Gasteiger partial charge < -0.3 is 0 Å². The third-order valence-corrected chi connectivity index (χ3v) is 15.5. The minimum atomic E-state index is -2.34. The molecule has 0 aliphatic heterocycles. The summed E-state index contributed by atoms with van der Waals surface area (Å²) in [6.07, 6.45) is 2.08. The van der Waals surface area contributed by atoms with E-state index in [9.17, 15) is 0 Å². The average Bonchev–Trinajstić information content (AvgIpc) is 3.48. The van der Waals surface area contributed by atoms with Gasteiger partial charge in [-0.15, -0.1) is 0 Å². The first-order chi connectivity index (χ1) is 21.2. The van der Waals surface area contributed by atoms with Crippen molar-refractivity contribution in [1.82, 2.24) is 14.4 Å². The van der Waals surface area contributed by atoms with Crippen molar-refractivity contribution in [3.8, 4) is 0 Å². The second kappa shape index (κ2) is 9.46. The number of aromatic nitrogens is 3. The molecular weight excluding hydrogens is 608 g/mol. The second-order valence-corrected chi connectivity index (χ2v) is 17.2. The Morgan fingerprint density at radius 1 is 0.535 bits per heavy atom. The van der Waals surface area contributed by atoms with Gasteiger partial charge in [0, 0.05) is 0 Å². The van der Waals surface area contributed by atoms with Gasteiger partial charge in [0.25, 0.3) is 0 Å². The fourth-order valence-electron chi connectivity index (χ4n) is 6.62. The number of hydrogen-bond donors (Lipinski definition) is 0. The summed E-state index contributed by atoms with van der Waals surface area (Å²) in [6.45, 7) is 0. The SMILES string of the molecule is [Se]=P(c1ccc2ccccc2c1)(c1cnc2ccccc2c1)c1cccc2nc3c4ccccc4c4ccccc4n3c12. The van der Waals surface area contributed by atoms with Gasteiger partial charge in [-0.25, -0.2) is 0 Å². The Bertz CT molecular complexity index is 2540. The Balaban J connectivity index is 1.47. The molecule has 3 heterocycles. The van der Waals surface area contributed by atoms with E-state index in [2.05, 4.69) is 159 Å². The van der Waals surface area contributed by atoms with Crippen molar-refractivity contribution in [3.05, 3.63) is 146 Å². The first kappa shape index (κ1) is 25.0. The number of rotatable bonds is 3. The summed E-state index contributed by atoms with van der Waals surface area (Å²) in [5, 5.41) is 10.9. The van der Waals surface area contributed by atoms with Crippen LogP contribution < -0.4 is 15.9 Å². The summed E-state index contributed by atoms with van der Waals surface area (Å²) in [6, 6.07) is 50.2. The van der Waals surface area contributed by atoms with Crippen molar-refractivity contribution in [2.24, 2.45) is 0 Å². The van der Waals surface area contributed by atoms with Crippen molar-refractivity contribution in [2.75, 3.05) is 0 Å². The molecule has 0 spiro atoms. The maximum atomic E-state index is 5.31. The van der Waals surface area contributed by atoms with E-state index in [0.717, 1.165) is 38.5 Å². The van der Waals surface area contributed by atoms with E-state index < -0.39 is 5.51 Å². The van der Waals surface area contributed by atoms with Gasteiger partial charge in [0.2, 0.25) is 0 Å². The maximum absolute atomic E-state index is 5.31. The molecule has 0 saturated carbocycles. The molecule has 6 aromatic carbocycles. The molecule has 0 fully saturated rings. The molecule has 0 N–H and O–H groups in total. The van der Waals surface area contributed by atoms with Crippen LogP contribution in [-0.2, 0) is 0 Å². The number of benzene rings is 6. The molecule has 3 aromatic heterocycles. The first-order valence-corrected chi connectivity index (χ1v) is 18.4. The van der Waals surface area contributed by atoms with Crippen LogP contribution in [0.4, 0.5) is 0 Å². The van der Waals surface area contributed by atoms with E-state index in [1.165, 1.54) is 37.5 Å². The molecule has 0 radical (unpaired) electrons. The van der Waals surface area contributed by atoms with Gasteiger partial charge in [-0.1, -0.05) is 0 Å². The van der Waals surface area contributed by atoms with Gasteiger partial charge in [-0.05, 0) is 0 Å². The number of hydrogen-bond acceptors (Lipinski definition) is 2. The zero-order valence-electron chi connectivity index (χ0n) is 23.1. The molecule has 202 valence electrons. The van der Waals surface area contributed by atoms with E-state index >= 15 is 0 Å². The molecule has 5 heteroatoms. The average molecular weight is 633 g/mol. The van der Waals surface area contributed by atoms with Gasteiger partial charge in [-0.2, -0.15) is 0 Å². The van der Waals surface area contributed by atoms with Gasteiger partial charge in [0.05, 0.1) is 0 Å². The van der Waals surface area contributed by atoms with Crippen LogP contribution in [0, 0.1) is 0 Å². The Morgan fingerprint density at radius 3 is 2.09 bits per heavy atom. The quantitative estimate of drug-likeness (QED) is 0.113. The second-order valence-electron chi connectivity index (χ2n) is 11.0. The fourth-order valence-corrected chi connectivity index (χ4v) is 11.7. The summed E-state index contributed by atoms with van der Waals surface area (Å²) in [5.74, 6) is 0. The molecule has 9 aromatic rings. The summed E-state index contributed by atoms with van der Waals surface area (Å²) in [5.41, 5.74) is 2.95. The van der Waals surface area contributed by atoms with E-state index in [0.29, 0.717) is 0 Å². The van der Waals surface area contributed by atoms with Crippen LogP contribution in [-0.4, -0.2) is 29.5 Å². The Morgan fingerprint density at radius 2 is 1.21 bits per heavy atom. The van der Waals surface area contributed by atoms with Crippen LogP contribution in [0.1, 0.15) is 0 Å². The van der Waals surface area contributed by atoms with Gasteiger partial charge in [0.1, 0.15) is 0 Å². The van der Waals surface area contributed by atoms with E-state index in [-0.39, 0.29) is 0 Å². The third kappa shape index (κ3) is 3.65. The summed E-state index contributed by atoms with van der Waals surface area (Å²) >= 11 is 3.83. The number of imidazole rings is 1. The molecule has 0 amide bonds. The molecule has 1 unspecified atom stereocenters. The van der Waals surface area contributed by atoms with Crippen LogP contribution >= 0.6 is 5.51 Å². The first-order valence-electron chi connectivity index (χ1n) is 14.4. The van der Waals surface area contributed by atoms with Gasteiger partial charge in [-0.3, -0.25) is 0 Å². The zero-order chi connectivity index (χ0) is 28.5. The zero-order valence-corrected chi connectivity index (χ0v) is 25.7. The molecule has 43 heavy (non-hydrogen) atoms. The number of nitrogens with zero attached hydrogens (tertiary/aromatic N) is 3. The number of para-hydroxylation sites is 3. The molecule has 0 bridgehead atoms. The molecule has 0 aliphatic rings. The Labute approximate surface area is 255 Å². The molecular formula is C38H24N3PSe. The monoisotopic (exact) mass is 633 g/mol. The van der Waals surface area contributed by atoms with Crippen LogP contribution in [0.25, 0.3) is 60.0 Å². The van der Waals surface area contributed by atoms with Gasteiger partial charge in [0.15, 0.2) is 0 Å². The van der Waals surface area contributed by atoms with Crippen LogP contribution in [0.3, 0.4) is 0 Å². The van der Waals surface area contributed by atoms with E-state index in [1.54, 1.807) is 0 Å². The predicted molar refractivity (Wildman–Crippen MR) is 185 cm³/mol. The predicted octanol–water partition coefficient (Wildman–Crippen LogP) is 7.87. The molecule has 3 nitrogen and oxygen atoms in total. The Hall–Kier alpha value is -4.59. The third-order valence-electron chi connectivity index (χ3n) is 8.63. The number of fused-ring (bicyclic) bond motifs is 10. The van der Waals surface area contributed by atoms with Crippen LogP contribution in [0.2, 0.25) is 0 Å². The van der Waals surface area contributed by atoms with Crippen molar-refractivity contribution >= 4 is 96.6 Å². The molecule has 0 aliphatic carbocycles. The topological polar surface area (TPSA) is 30.2 Å².